The number of fused-ring (bicyclic) bond motifs is 2. The Bertz CT molecular complexity index is 1670. The van der Waals surface area contributed by atoms with E-state index in [4.69, 9.17) is 38.4 Å². The highest BCUT2D eigenvalue weighted by molar-refractivity contribution is 6.03. The van der Waals surface area contributed by atoms with Gasteiger partial charge in [-0.25, -0.2) is 4.79 Å². The van der Waals surface area contributed by atoms with Crippen LogP contribution in [0.5, 0.6) is 11.5 Å². The van der Waals surface area contributed by atoms with E-state index in [0.29, 0.717) is 37.5 Å². The van der Waals surface area contributed by atoms with E-state index in [-0.39, 0.29) is 77.0 Å². The summed E-state index contributed by atoms with van der Waals surface area (Å²) >= 11 is 0. The Morgan fingerprint density at radius 3 is 2.37 bits per heavy atom. The van der Waals surface area contributed by atoms with E-state index in [1.54, 1.807) is 11.0 Å². The van der Waals surface area contributed by atoms with Gasteiger partial charge in [-0.1, -0.05) is 94.9 Å². The van der Waals surface area contributed by atoms with Crippen molar-refractivity contribution in [2.24, 2.45) is 22.9 Å². The molecule has 378 valence electrons. The fraction of sp³-hybridized carbons (Fsp3) is 0.774. The largest absolute Gasteiger partial charge is 0.492 e. The summed E-state index contributed by atoms with van der Waals surface area (Å²) < 4.78 is 39.0. The zero-order valence-corrected chi connectivity index (χ0v) is 40.8. The third kappa shape index (κ3) is 15.4. The van der Waals surface area contributed by atoms with E-state index in [2.05, 4.69) is 30.5 Å². The van der Waals surface area contributed by atoms with Crippen LogP contribution in [0.15, 0.2) is 47.7 Å². The molecule has 14 heteroatoms. The Balaban J connectivity index is 1.40. The van der Waals surface area contributed by atoms with Crippen LogP contribution >= 0.6 is 0 Å². The first-order valence-corrected chi connectivity index (χ1v) is 26.3. The first kappa shape index (κ1) is 53.1. The molecule has 1 aromatic rings. The number of oxime groups is 1. The summed E-state index contributed by atoms with van der Waals surface area (Å²) in [7, 11) is 0. The van der Waals surface area contributed by atoms with Crippen LogP contribution in [0.2, 0.25) is 0 Å². The van der Waals surface area contributed by atoms with Gasteiger partial charge in [-0.2, -0.15) is 0 Å². The number of aliphatic hydroxyl groups excluding tert-OH is 3. The van der Waals surface area contributed by atoms with Gasteiger partial charge < -0.3 is 48.6 Å². The molecule has 1 saturated carbocycles. The minimum Gasteiger partial charge on any atom is -0.492 e. The molecule has 1 amide bonds. The summed E-state index contributed by atoms with van der Waals surface area (Å²) in [6, 6.07) is 5.33. The normalized spacial score (nSPS) is 26.0. The highest BCUT2D eigenvalue weighted by Gasteiger charge is 2.65. The van der Waals surface area contributed by atoms with Crippen LogP contribution in [0.25, 0.3) is 0 Å². The number of rotatable bonds is 34. The van der Waals surface area contributed by atoms with Crippen LogP contribution in [0.1, 0.15) is 147 Å². The van der Waals surface area contributed by atoms with Crippen molar-refractivity contribution in [2.45, 2.75) is 159 Å². The summed E-state index contributed by atoms with van der Waals surface area (Å²) in [6.45, 7) is 11.5. The van der Waals surface area contributed by atoms with Crippen molar-refractivity contribution >= 4 is 11.8 Å². The van der Waals surface area contributed by atoms with Crippen LogP contribution in [0, 0.1) is 17.8 Å². The van der Waals surface area contributed by atoms with Crippen LogP contribution in [-0.2, 0) is 23.8 Å². The summed E-state index contributed by atoms with van der Waals surface area (Å²) in [4.78, 5) is 25.1. The van der Waals surface area contributed by atoms with Crippen molar-refractivity contribution in [1.82, 2.24) is 9.80 Å². The minimum atomic E-state index is -1.43. The van der Waals surface area contributed by atoms with Crippen LogP contribution < -0.4 is 9.47 Å². The van der Waals surface area contributed by atoms with Gasteiger partial charge in [0.1, 0.15) is 24.1 Å². The summed E-state index contributed by atoms with van der Waals surface area (Å²) in [5.74, 6) is -0.479. The molecule has 7 atom stereocenters. The molecule has 0 radical (unpaired) electrons. The zero-order chi connectivity index (χ0) is 47.1. The Kier molecular flexibility index (Phi) is 23.0. The number of carbonyl (C=O) groups is 1. The third-order valence-electron chi connectivity index (χ3n) is 14.3. The quantitative estimate of drug-likeness (QED) is 0.0261. The molecule has 1 unspecified atom stereocenters. The number of ether oxygens (including phenoxy) is 6. The van der Waals surface area contributed by atoms with Crippen molar-refractivity contribution in [3.8, 4) is 11.5 Å². The van der Waals surface area contributed by atoms with Gasteiger partial charge in [0.2, 0.25) is 12.1 Å². The number of hydrogen-bond acceptors (Lipinski definition) is 13. The molecule has 6 rings (SSSR count). The lowest BCUT2D eigenvalue weighted by atomic mass is 9.55. The average molecular weight is 940 g/mol. The van der Waals surface area contributed by atoms with Gasteiger partial charge in [0, 0.05) is 63.7 Å². The molecule has 14 nitrogen and oxygen atoms in total. The molecule has 0 aromatic heterocycles. The Morgan fingerprint density at radius 1 is 0.910 bits per heavy atom. The smallest absolute Gasteiger partial charge is 0.410 e. The average Bonchev–Trinajstić information content (AvgIpc) is 4.18. The maximum absolute atomic E-state index is 14.8. The second kappa shape index (κ2) is 29.1. The first-order valence-electron chi connectivity index (χ1n) is 26.3. The molecular formula is C53H85N3O11. The maximum Gasteiger partial charge on any atom is 0.410 e. The molecule has 3 N–H and O–H groups in total. The number of allylic oxidation sites excluding steroid dienone is 1. The van der Waals surface area contributed by atoms with Gasteiger partial charge >= 0.3 is 6.09 Å². The van der Waals surface area contributed by atoms with Gasteiger partial charge in [0.25, 0.3) is 0 Å². The molecular weight excluding hydrogens is 855 g/mol. The molecule has 1 aromatic carbocycles. The number of carbonyl (C=O) groups excluding carboxylic acids is 1. The number of hydrogen-bond donors (Lipinski definition) is 3. The molecule has 0 bridgehead atoms. The Hall–Kier alpha value is -3.24. The van der Waals surface area contributed by atoms with Gasteiger partial charge in [0.15, 0.2) is 0 Å². The summed E-state index contributed by atoms with van der Waals surface area (Å²) in [6.07, 6.45) is 22.4. The van der Waals surface area contributed by atoms with Crippen molar-refractivity contribution < 1.29 is 53.4 Å². The van der Waals surface area contributed by atoms with Crippen molar-refractivity contribution in [2.75, 3.05) is 85.6 Å². The van der Waals surface area contributed by atoms with E-state index >= 15 is 0 Å². The van der Waals surface area contributed by atoms with Gasteiger partial charge in [-0.05, 0) is 80.6 Å². The number of nitrogens with zero attached hydrogens (tertiary/aromatic N) is 3. The predicted molar refractivity (Wildman–Crippen MR) is 259 cm³/mol. The minimum absolute atomic E-state index is 0.0772. The molecule has 2 aliphatic carbocycles. The number of aliphatic hydroxyl groups is 3. The van der Waals surface area contributed by atoms with Crippen LogP contribution in [0.3, 0.4) is 0 Å². The number of amides is 1. The lowest BCUT2D eigenvalue weighted by Gasteiger charge is -2.59. The fourth-order valence-electron chi connectivity index (χ4n) is 10.8. The highest BCUT2D eigenvalue weighted by atomic mass is 16.8. The monoisotopic (exact) mass is 940 g/mol. The van der Waals surface area contributed by atoms with E-state index in [1.165, 1.54) is 44.9 Å². The lowest BCUT2D eigenvalue weighted by Crippen LogP contribution is -2.70. The molecule has 0 spiro atoms. The van der Waals surface area contributed by atoms with Crippen LogP contribution in [0.4, 0.5) is 4.79 Å². The maximum atomic E-state index is 14.8. The molecule has 2 saturated heterocycles. The van der Waals surface area contributed by atoms with Gasteiger partial charge in [-0.3, -0.25) is 9.80 Å². The SMILES string of the molecule is C=CCO[C@@]12Oc3ccc(OCCN4CC4)cc3[C@H]3[C@H](CCCCO)[C@@H](CCCCO)C=C(C(=NOC4CCCCO4)C[C@@H]1N(CCOCCO)C(=O)OCCCCCCCCCCCC)[C@H]32. The zero-order valence-electron chi connectivity index (χ0n) is 40.8. The molecule has 3 heterocycles. The first-order chi connectivity index (χ1) is 33.0. The second-order valence-electron chi connectivity index (χ2n) is 19.2. The highest BCUT2D eigenvalue weighted by Crippen LogP contribution is 2.62. The topological polar surface area (TPSA) is 161 Å². The fourth-order valence-corrected chi connectivity index (χ4v) is 10.8. The van der Waals surface area contributed by atoms with Gasteiger partial charge in [-0.15, -0.1) is 6.58 Å². The Morgan fingerprint density at radius 2 is 1.67 bits per heavy atom. The van der Waals surface area contributed by atoms with E-state index in [9.17, 15) is 20.1 Å². The lowest BCUT2D eigenvalue weighted by molar-refractivity contribution is -0.256. The summed E-state index contributed by atoms with van der Waals surface area (Å²) in [5.41, 5.74) is 2.67. The summed E-state index contributed by atoms with van der Waals surface area (Å²) in [5, 5.41) is 34.6. The molecule has 3 aliphatic heterocycles. The van der Waals surface area contributed by atoms with Crippen molar-refractivity contribution in [3.63, 3.8) is 0 Å². The van der Waals surface area contributed by atoms with E-state index < -0.39 is 30.1 Å². The van der Waals surface area contributed by atoms with Crippen LogP contribution in [-0.4, -0.2) is 141 Å². The second-order valence-corrected chi connectivity index (χ2v) is 19.2. The molecule has 3 fully saturated rings. The Labute approximate surface area is 401 Å². The standard InChI is InChI=1S/C53H85N3O11/c1-3-5-6-7-8-9-10-11-12-18-34-64-52(60)56(28-35-61-37-31-59)48-40-46(54-67-49-22-15-19-33-63-49)44-38-41(20-13-16-29-57)43(21-14-17-30-58)50-45-39-42(62-36-27-55-25-26-55)23-24-47(45)66-53(48,51(44)50)65-32-4-2/h4,23-24,38-39,41,43,48-51,57-59H,2-3,5-22,25-37,40H2,1H3/t41-,43+,48-,49?,50+,51+,53+/m0/s1. The molecule has 67 heavy (non-hydrogen) atoms. The van der Waals surface area contributed by atoms with Crippen molar-refractivity contribution in [3.05, 3.63) is 48.1 Å². The van der Waals surface area contributed by atoms with E-state index in [1.807, 2.05) is 12.1 Å². The van der Waals surface area contributed by atoms with Crippen molar-refractivity contribution in [1.29, 1.82) is 0 Å². The van der Waals surface area contributed by atoms with Gasteiger partial charge in [0.05, 0.1) is 51.3 Å². The number of benzene rings is 1. The third-order valence-corrected chi connectivity index (χ3v) is 14.3. The number of unbranched alkanes of at least 4 members (excludes halogenated alkanes) is 11. The predicted octanol–water partition coefficient (Wildman–Crippen LogP) is 8.91. The molecule has 5 aliphatic rings. The van der Waals surface area contributed by atoms with E-state index in [0.717, 1.165) is 101 Å².